The van der Waals surface area contributed by atoms with Gasteiger partial charge in [-0.05, 0) is 19.1 Å². The standard InChI is InChI=1S/C8H8ClNO2/c1-6(9)12-8(11)7-3-2-4-10-5-7/h2-6H,1H3. The zero-order chi connectivity index (χ0) is 8.97. The van der Waals surface area contributed by atoms with E-state index in [9.17, 15) is 4.79 Å². The summed E-state index contributed by atoms with van der Waals surface area (Å²) in [4.78, 5) is 14.9. The van der Waals surface area contributed by atoms with Crippen LogP contribution in [-0.4, -0.2) is 16.5 Å². The number of hydrogen-bond donors (Lipinski definition) is 0. The van der Waals surface area contributed by atoms with Crippen molar-refractivity contribution >= 4 is 17.6 Å². The van der Waals surface area contributed by atoms with E-state index in [1.807, 2.05) is 0 Å². The molecular formula is C8H8ClNO2. The first-order valence-electron chi connectivity index (χ1n) is 3.45. The molecule has 0 aliphatic heterocycles. The van der Waals surface area contributed by atoms with Gasteiger partial charge < -0.3 is 4.74 Å². The van der Waals surface area contributed by atoms with E-state index in [4.69, 9.17) is 16.3 Å². The number of pyridine rings is 1. The third kappa shape index (κ3) is 2.51. The van der Waals surface area contributed by atoms with E-state index in [2.05, 4.69) is 4.98 Å². The Balaban J connectivity index is 2.66. The van der Waals surface area contributed by atoms with Crippen molar-refractivity contribution in [3.63, 3.8) is 0 Å². The van der Waals surface area contributed by atoms with Crippen LogP contribution >= 0.6 is 11.6 Å². The molecule has 0 spiro atoms. The summed E-state index contributed by atoms with van der Waals surface area (Å²) in [5.41, 5.74) is -0.206. The highest BCUT2D eigenvalue weighted by Gasteiger charge is 2.08. The summed E-state index contributed by atoms with van der Waals surface area (Å²) in [5, 5.41) is 0. The predicted octanol–water partition coefficient (Wildman–Crippen LogP) is 1.82. The Bertz CT molecular complexity index is 261. The maximum atomic E-state index is 11.1. The molecule has 1 unspecified atom stereocenters. The van der Waals surface area contributed by atoms with Crippen LogP contribution in [0, 0.1) is 0 Å². The fraction of sp³-hybridized carbons (Fsp3) is 0.250. The molecule has 0 N–H and O–H groups in total. The maximum absolute atomic E-state index is 11.1. The maximum Gasteiger partial charge on any atom is 0.341 e. The van der Waals surface area contributed by atoms with Crippen molar-refractivity contribution in [2.24, 2.45) is 0 Å². The van der Waals surface area contributed by atoms with Gasteiger partial charge in [-0.1, -0.05) is 11.6 Å². The third-order valence-electron chi connectivity index (χ3n) is 1.17. The van der Waals surface area contributed by atoms with E-state index >= 15 is 0 Å². The Labute approximate surface area is 75.3 Å². The highest BCUT2D eigenvalue weighted by atomic mass is 35.5. The van der Waals surface area contributed by atoms with Crippen LogP contribution in [0.3, 0.4) is 0 Å². The van der Waals surface area contributed by atoms with E-state index in [1.165, 1.54) is 6.20 Å². The van der Waals surface area contributed by atoms with Gasteiger partial charge in [-0.3, -0.25) is 4.98 Å². The average molecular weight is 186 g/mol. The lowest BCUT2D eigenvalue weighted by Gasteiger charge is -2.04. The summed E-state index contributed by atoms with van der Waals surface area (Å²) in [6.45, 7) is 1.58. The zero-order valence-electron chi connectivity index (χ0n) is 6.53. The molecule has 4 heteroatoms. The van der Waals surface area contributed by atoms with Crippen molar-refractivity contribution in [3.8, 4) is 0 Å². The lowest BCUT2D eigenvalue weighted by molar-refractivity contribution is 0.0471. The van der Waals surface area contributed by atoms with Crippen LogP contribution in [-0.2, 0) is 4.74 Å². The number of ether oxygens (including phenoxy) is 1. The van der Waals surface area contributed by atoms with Crippen LogP contribution in [0.15, 0.2) is 24.5 Å². The van der Waals surface area contributed by atoms with Crippen molar-refractivity contribution in [3.05, 3.63) is 30.1 Å². The summed E-state index contributed by atoms with van der Waals surface area (Å²) in [7, 11) is 0. The van der Waals surface area contributed by atoms with Crippen LogP contribution in [0.5, 0.6) is 0 Å². The monoisotopic (exact) mass is 185 g/mol. The van der Waals surface area contributed by atoms with Crippen molar-refractivity contribution in [2.45, 2.75) is 12.5 Å². The number of halogens is 1. The lowest BCUT2D eigenvalue weighted by Crippen LogP contribution is -2.09. The molecule has 0 aromatic carbocycles. The molecule has 1 aromatic heterocycles. The fourth-order valence-electron chi connectivity index (χ4n) is 0.699. The minimum Gasteiger partial charge on any atom is -0.443 e. The van der Waals surface area contributed by atoms with Gasteiger partial charge in [0.2, 0.25) is 0 Å². The molecule has 3 nitrogen and oxygen atoms in total. The predicted molar refractivity (Wildman–Crippen MR) is 45.0 cm³/mol. The smallest absolute Gasteiger partial charge is 0.341 e. The molecule has 0 saturated heterocycles. The van der Waals surface area contributed by atoms with E-state index in [-0.39, 0.29) is 0 Å². The van der Waals surface area contributed by atoms with E-state index in [0.29, 0.717) is 5.56 Å². The number of hydrogen-bond acceptors (Lipinski definition) is 3. The molecule has 0 radical (unpaired) electrons. The van der Waals surface area contributed by atoms with Crippen molar-refractivity contribution in [1.29, 1.82) is 0 Å². The number of nitrogens with zero attached hydrogens (tertiary/aromatic N) is 1. The van der Waals surface area contributed by atoms with Gasteiger partial charge in [0.05, 0.1) is 5.56 Å². The van der Waals surface area contributed by atoms with Crippen LogP contribution in [0.2, 0.25) is 0 Å². The summed E-state index contributed by atoms with van der Waals surface area (Å²) >= 11 is 5.46. The summed E-state index contributed by atoms with van der Waals surface area (Å²) in [6.07, 6.45) is 3.02. The molecular weight excluding hydrogens is 178 g/mol. The Morgan fingerprint density at radius 1 is 1.75 bits per heavy atom. The van der Waals surface area contributed by atoms with Gasteiger partial charge in [0.25, 0.3) is 0 Å². The van der Waals surface area contributed by atoms with Crippen molar-refractivity contribution < 1.29 is 9.53 Å². The first-order valence-corrected chi connectivity index (χ1v) is 3.89. The van der Waals surface area contributed by atoms with Crippen LogP contribution in [0.25, 0.3) is 0 Å². The number of alkyl halides is 1. The van der Waals surface area contributed by atoms with E-state index in [0.717, 1.165) is 0 Å². The molecule has 1 atom stereocenters. The van der Waals surface area contributed by atoms with Gasteiger partial charge in [-0.15, -0.1) is 0 Å². The average Bonchev–Trinajstić information content (AvgIpc) is 2.05. The molecule has 0 saturated carbocycles. The topological polar surface area (TPSA) is 39.2 Å². The van der Waals surface area contributed by atoms with Crippen molar-refractivity contribution in [2.75, 3.05) is 0 Å². The molecule has 0 bridgehead atoms. The SMILES string of the molecule is CC(Cl)OC(=O)c1cccnc1. The van der Waals surface area contributed by atoms with E-state index < -0.39 is 11.5 Å². The minimum atomic E-state index is -0.613. The second-order valence-electron chi connectivity index (χ2n) is 2.19. The number of aromatic nitrogens is 1. The lowest BCUT2D eigenvalue weighted by atomic mass is 10.3. The summed E-state index contributed by atoms with van der Waals surface area (Å²) in [5.74, 6) is -0.453. The number of rotatable bonds is 2. The zero-order valence-corrected chi connectivity index (χ0v) is 7.28. The molecule has 64 valence electrons. The number of carbonyl (C=O) groups is 1. The van der Waals surface area contributed by atoms with Gasteiger partial charge in [0.1, 0.15) is 0 Å². The molecule has 1 rings (SSSR count). The van der Waals surface area contributed by atoms with Crippen LogP contribution < -0.4 is 0 Å². The van der Waals surface area contributed by atoms with Crippen LogP contribution in [0.4, 0.5) is 0 Å². The quantitative estimate of drug-likeness (QED) is 0.521. The largest absolute Gasteiger partial charge is 0.443 e. The van der Waals surface area contributed by atoms with Crippen molar-refractivity contribution in [1.82, 2.24) is 4.98 Å². The normalized spacial score (nSPS) is 12.2. The Kier molecular flexibility index (Phi) is 3.05. The second kappa shape index (κ2) is 4.07. The minimum absolute atomic E-state index is 0.407. The first kappa shape index (κ1) is 9.00. The molecule has 0 aliphatic carbocycles. The highest BCUT2D eigenvalue weighted by Crippen LogP contribution is 2.03. The number of esters is 1. The molecule has 0 amide bonds. The molecule has 0 fully saturated rings. The third-order valence-corrected chi connectivity index (χ3v) is 1.26. The Morgan fingerprint density at radius 2 is 2.50 bits per heavy atom. The highest BCUT2D eigenvalue weighted by molar-refractivity contribution is 6.20. The van der Waals surface area contributed by atoms with Gasteiger partial charge in [-0.25, -0.2) is 4.79 Å². The van der Waals surface area contributed by atoms with Gasteiger partial charge in [0, 0.05) is 12.4 Å². The number of carbonyl (C=O) groups excluding carboxylic acids is 1. The Hall–Kier alpha value is -1.09. The van der Waals surface area contributed by atoms with Gasteiger partial charge in [-0.2, -0.15) is 0 Å². The van der Waals surface area contributed by atoms with Crippen LogP contribution in [0.1, 0.15) is 17.3 Å². The molecule has 0 aliphatic rings. The van der Waals surface area contributed by atoms with Gasteiger partial charge in [0.15, 0.2) is 5.56 Å². The van der Waals surface area contributed by atoms with E-state index in [1.54, 1.807) is 25.3 Å². The second-order valence-corrected chi connectivity index (χ2v) is 2.80. The van der Waals surface area contributed by atoms with Gasteiger partial charge >= 0.3 is 5.97 Å². The summed E-state index contributed by atoms with van der Waals surface area (Å²) < 4.78 is 4.72. The fourth-order valence-corrected chi connectivity index (χ4v) is 0.780. The summed E-state index contributed by atoms with van der Waals surface area (Å²) in [6, 6.07) is 3.28. The Morgan fingerprint density at radius 3 is 3.00 bits per heavy atom. The molecule has 1 heterocycles. The molecule has 12 heavy (non-hydrogen) atoms. The first-order chi connectivity index (χ1) is 5.70. The molecule has 1 aromatic rings.